The summed E-state index contributed by atoms with van der Waals surface area (Å²) in [5.74, 6) is 0.751. The molecule has 3 rings (SSSR count). The number of aromatic nitrogens is 3. The number of carbonyl (C=O) groups excluding carboxylic acids is 2. The van der Waals surface area contributed by atoms with Crippen molar-refractivity contribution >= 4 is 34.8 Å². The molecule has 30 heavy (non-hydrogen) atoms. The second kappa shape index (κ2) is 7.78. The molecule has 1 aromatic carbocycles. The van der Waals surface area contributed by atoms with Crippen molar-refractivity contribution in [3.63, 3.8) is 0 Å². The Morgan fingerprint density at radius 2 is 1.73 bits per heavy atom. The fraction of sp³-hybridized carbons (Fsp3) is 0.364. The summed E-state index contributed by atoms with van der Waals surface area (Å²) in [4.78, 5) is 30.6. The average Bonchev–Trinajstić information content (AvgIpc) is 3.02. The van der Waals surface area contributed by atoms with Crippen LogP contribution in [0.1, 0.15) is 49.2 Å². The number of rotatable bonds is 4. The van der Waals surface area contributed by atoms with Crippen LogP contribution in [0.4, 0.5) is 22.1 Å². The molecule has 2 heterocycles. The molecule has 0 fully saturated rings. The van der Waals surface area contributed by atoms with E-state index in [1.807, 2.05) is 26.0 Å². The van der Waals surface area contributed by atoms with Crippen LogP contribution in [0.15, 0.2) is 30.5 Å². The van der Waals surface area contributed by atoms with Gasteiger partial charge in [-0.1, -0.05) is 6.07 Å². The Bertz CT molecular complexity index is 1110. The summed E-state index contributed by atoms with van der Waals surface area (Å²) in [5.41, 5.74) is 3.17. The molecule has 0 aliphatic rings. The number of carbonyl (C=O) groups is 2. The van der Waals surface area contributed by atoms with Gasteiger partial charge >= 0.3 is 6.09 Å². The summed E-state index contributed by atoms with van der Waals surface area (Å²) >= 11 is 0. The van der Waals surface area contributed by atoms with Crippen LogP contribution in [-0.4, -0.2) is 39.1 Å². The number of amides is 1. The molecule has 0 aliphatic heterocycles. The van der Waals surface area contributed by atoms with Crippen LogP contribution < -0.4 is 10.2 Å². The number of nitrogens with one attached hydrogen (secondary N) is 1. The Morgan fingerprint density at radius 1 is 1.10 bits per heavy atom. The normalized spacial score (nSPS) is 11.4. The zero-order valence-electron chi connectivity index (χ0n) is 18.4. The van der Waals surface area contributed by atoms with E-state index >= 15 is 0 Å². The maximum absolute atomic E-state index is 12.7. The average molecular weight is 409 g/mol. The Morgan fingerprint density at radius 3 is 2.30 bits per heavy atom. The Hall–Kier alpha value is -3.42. The fourth-order valence-electron chi connectivity index (χ4n) is 3.12. The molecular formula is C22H27N5O3. The summed E-state index contributed by atoms with van der Waals surface area (Å²) in [7, 11) is 1.60. The molecule has 0 bridgehead atoms. The predicted molar refractivity (Wildman–Crippen MR) is 117 cm³/mol. The van der Waals surface area contributed by atoms with E-state index in [0.29, 0.717) is 22.8 Å². The third kappa shape index (κ3) is 4.59. The SMILES string of the molecule is CC(=O)c1cnn2c(N(C)C(=O)OC(C)(C)C)cc(Nc3cc(C)cc(C)c3)nc12. The Balaban J connectivity index is 2.11. The number of Topliss-reactive ketones (excluding diaryl/α,β-unsaturated/α-hetero) is 1. The van der Waals surface area contributed by atoms with Crippen molar-refractivity contribution in [1.82, 2.24) is 14.6 Å². The molecule has 8 heteroatoms. The van der Waals surface area contributed by atoms with E-state index in [9.17, 15) is 9.59 Å². The van der Waals surface area contributed by atoms with Crippen LogP contribution in [-0.2, 0) is 4.74 Å². The fourth-order valence-corrected chi connectivity index (χ4v) is 3.12. The highest BCUT2D eigenvalue weighted by Gasteiger charge is 2.24. The first-order chi connectivity index (χ1) is 13.9. The van der Waals surface area contributed by atoms with Gasteiger partial charge in [0.2, 0.25) is 0 Å². The minimum atomic E-state index is -0.647. The number of aryl methyl sites for hydroxylation is 2. The lowest BCUT2D eigenvalue weighted by molar-refractivity contribution is 0.0587. The van der Waals surface area contributed by atoms with Crippen molar-refractivity contribution in [2.45, 2.75) is 47.1 Å². The van der Waals surface area contributed by atoms with Gasteiger partial charge in [0.25, 0.3) is 0 Å². The molecule has 1 N–H and O–H groups in total. The number of ketones is 1. The standard InChI is InChI=1S/C22H27N5O3/c1-13-8-14(2)10-16(9-13)24-18-11-19(26(7)21(29)30-22(4,5)6)27-20(25-18)17(12-23-27)15(3)28/h8-12H,1-7H3,(H,24,25). The van der Waals surface area contributed by atoms with Crippen molar-refractivity contribution in [1.29, 1.82) is 0 Å². The summed E-state index contributed by atoms with van der Waals surface area (Å²) in [5, 5.41) is 7.55. The topological polar surface area (TPSA) is 88.8 Å². The third-order valence-electron chi connectivity index (χ3n) is 4.34. The Labute approximate surface area is 175 Å². The van der Waals surface area contributed by atoms with Crippen LogP contribution in [0.5, 0.6) is 0 Å². The molecule has 0 unspecified atom stereocenters. The van der Waals surface area contributed by atoms with Gasteiger partial charge in [-0.2, -0.15) is 9.61 Å². The molecule has 1 amide bonds. The molecule has 0 spiro atoms. The number of hydrogen-bond acceptors (Lipinski definition) is 6. The van der Waals surface area contributed by atoms with Crippen molar-refractivity contribution in [3.05, 3.63) is 47.2 Å². The molecule has 0 radical (unpaired) electrons. The number of fused-ring (bicyclic) bond motifs is 1. The highest BCUT2D eigenvalue weighted by molar-refractivity contribution is 6.00. The van der Waals surface area contributed by atoms with E-state index in [2.05, 4.69) is 21.5 Å². The second-order valence-electron chi connectivity index (χ2n) is 8.39. The lowest BCUT2D eigenvalue weighted by atomic mass is 10.1. The van der Waals surface area contributed by atoms with E-state index in [1.165, 1.54) is 22.5 Å². The van der Waals surface area contributed by atoms with Crippen molar-refractivity contribution in [2.75, 3.05) is 17.3 Å². The van der Waals surface area contributed by atoms with E-state index in [-0.39, 0.29) is 5.78 Å². The first kappa shape index (κ1) is 21.3. The number of hydrogen-bond donors (Lipinski definition) is 1. The molecule has 3 aromatic rings. The van der Waals surface area contributed by atoms with Crippen LogP contribution in [0.3, 0.4) is 0 Å². The van der Waals surface area contributed by atoms with Crippen molar-refractivity contribution < 1.29 is 14.3 Å². The van der Waals surface area contributed by atoms with Gasteiger partial charge in [0, 0.05) is 18.8 Å². The van der Waals surface area contributed by atoms with Gasteiger partial charge in [-0.15, -0.1) is 0 Å². The first-order valence-electron chi connectivity index (χ1n) is 9.66. The monoisotopic (exact) mass is 409 g/mol. The van der Waals surface area contributed by atoms with Crippen LogP contribution >= 0.6 is 0 Å². The maximum Gasteiger partial charge on any atom is 0.415 e. The zero-order valence-corrected chi connectivity index (χ0v) is 18.4. The van der Waals surface area contributed by atoms with Gasteiger partial charge in [0.1, 0.15) is 17.2 Å². The highest BCUT2D eigenvalue weighted by atomic mass is 16.6. The van der Waals surface area contributed by atoms with Crippen LogP contribution in [0, 0.1) is 13.8 Å². The molecule has 0 saturated heterocycles. The molecule has 0 saturated carbocycles. The minimum absolute atomic E-state index is 0.160. The Kier molecular flexibility index (Phi) is 5.52. The van der Waals surface area contributed by atoms with Gasteiger partial charge in [-0.05, 0) is 64.8 Å². The number of benzene rings is 1. The molecule has 2 aromatic heterocycles. The van der Waals surface area contributed by atoms with E-state index in [0.717, 1.165) is 16.8 Å². The first-order valence-corrected chi connectivity index (χ1v) is 9.66. The van der Waals surface area contributed by atoms with Gasteiger partial charge in [0.15, 0.2) is 11.4 Å². The smallest absolute Gasteiger partial charge is 0.415 e. The molecule has 0 aliphatic carbocycles. The predicted octanol–water partition coefficient (Wildman–Crippen LogP) is 4.66. The van der Waals surface area contributed by atoms with E-state index < -0.39 is 11.7 Å². The van der Waals surface area contributed by atoms with Gasteiger partial charge in [0.05, 0.1) is 11.8 Å². The number of anilines is 3. The number of ether oxygens (including phenoxy) is 1. The largest absolute Gasteiger partial charge is 0.443 e. The summed E-state index contributed by atoms with van der Waals surface area (Å²) in [6, 6.07) is 7.77. The molecule has 158 valence electrons. The van der Waals surface area contributed by atoms with E-state index in [1.54, 1.807) is 33.9 Å². The summed E-state index contributed by atoms with van der Waals surface area (Å²) in [6.45, 7) is 10.9. The van der Waals surface area contributed by atoms with E-state index in [4.69, 9.17) is 4.74 Å². The second-order valence-corrected chi connectivity index (χ2v) is 8.39. The lowest BCUT2D eigenvalue weighted by Crippen LogP contribution is -2.35. The highest BCUT2D eigenvalue weighted by Crippen LogP contribution is 2.26. The van der Waals surface area contributed by atoms with Crippen LogP contribution in [0.2, 0.25) is 0 Å². The minimum Gasteiger partial charge on any atom is -0.443 e. The zero-order chi connectivity index (χ0) is 22.2. The summed E-state index contributed by atoms with van der Waals surface area (Å²) in [6.07, 6.45) is 0.921. The van der Waals surface area contributed by atoms with Gasteiger partial charge in [-0.3, -0.25) is 9.69 Å². The number of nitrogens with zero attached hydrogens (tertiary/aromatic N) is 4. The maximum atomic E-state index is 12.7. The third-order valence-corrected chi connectivity index (χ3v) is 4.34. The van der Waals surface area contributed by atoms with Gasteiger partial charge < -0.3 is 10.1 Å². The molecular weight excluding hydrogens is 382 g/mol. The quantitative estimate of drug-likeness (QED) is 0.630. The summed E-state index contributed by atoms with van der Waals surface area (Å²) < 4.78 is 6.95. The molecule has 8 nitrogen and oxygen atoms in total. The molecule has 0 atom stereocenters. The van der Waals surface area contributed by atoms with Crippen LogP contribution in [0.25, 0.3) is 5.65 Å². The van der Waals surface area contributed by atoms with Crippen molar-refractivity contribution in [2.24, 2.45) is 0 Å². The lowest BCUT2D eigenvalue weighted by Gasteiger charge is -2.25. The van der Waals surface area contributed by atoms with Gasteiger partial charge in [-0.25, -0.2) is 9.78 Å². The van der Waals surface area contributed by atoms with Crippen molar-refractivity contribution in [3.8, 4) is 0 Å².